The molecule has 0 spiro atoms. The summed E-state index contributed by atoms with van der Waals surface area (Å²) in [5, 5.41) is 3.57. The van der Waals surface area contributed by atoms with Gasteiger partial charge in [0.1, 0.15) is 0 Å². The molecule has 0 aliphatic rings. The van der Waals surface area contributed by atoms with Gasteiger partial charge in [-0.1, -0.05) is 35.3 Å². The molecule has 2 aromatic rings. The second-order valence-electron chi connectivity index (χ2n) is 4.88. The Hall–Kier alpha value is -1.76. The maximum absolute atomic E-state index is 12.2. The molecule has 5 nitrogen and oxygen atoms in total. The Bertz CT molecular complexity index is 821. The van der Waals surface area contributed by atoms with Crippen LogP contribution in [-0.4, -0.2) is 20.6 Å². The van der Waals surface area contributed by atoms with Crippen LogP contribution in [0.25, 0.3) is 0 Å². The highest BCUT2D eigenvalue weighted by Crippen LogP contribution is 2.24. The number of amides is 1. The molecule has 0 unspecified atom stereocenters. The lowest BCUT2D eigenvalue weighted by Crippen LogP contribution is -2.23. The number of sulfonamides is 1. The topological polar surface area (TPSA) is 75.3 Å². The van der Waals surface area contributed by atoms with Crippen molar-refractivity contribution in [2.24, 2.45) is 0 Å². The van der Waals surface area contributed by atoms with Crippen molar-refractivity contribution in [3.63, 3.8) is 0 Å². The van der Waals surface area contributed by atoms with Crippen LogP contribution in [0.3, 0.4) is 0 Å². The molecule has 0 heterocycles. The van der Waals surface area contributed by atoms with Gasteiger partial charge in [0.25, 0.3) is 5.91 Å². The van der Waals surface area contributed by atoms with Gasteiger partial charge < -0.3 is 5.32 Å². The summed E-state index contributed by atoms with van der Waals surface area (Å²) in [6, 6.07) is 11.5. The van der Waals surface area contributed by atoms with Crippen molar-refractivity contribution in [1.29, 1.82) is 0 Å². The highest BCUT2D eigenvalue weighted by atomic mass is 35.5. The van der Waals surface area contributed by atoms with E-state index >= 15 is 0 Å². The number of halogens is 2. The Morgan fingerprint density at radius 1 is 1.09 bits per heavy atom. The molecule has 122 valence electrons. The second kappa shape index (κ2) is 7.21. The van der Waals surface area contributed by atoms with Gasteiger partial charge in [0.2, 0.25) is 10.0 Å². The van der Waals surface area contributed by atoms with Crippen LogP contribution in [0.1, 0.15) is 15.9 Å². The SMILES string of the molecule is CS(=O)(=O)Nc1cc(C(=O)NCc2ccc(Cl)cc2)ccc1Cl. The third kappa shape index (κ3) is 5.42. The predicted molar refractivity (Wildman–Crippen MR) is 92.5 cm³/mol. The number of carbonyl (C=O) groups excluding carboxylic acids is 1. The van der Waals surface area contributed by atoms with Gasteiger partial charge in [0.15, 0.2) is 0 Å². The molecule has 23 heavy (non-hydrogen) atoms. The van der Waals surface area contributed by atoms with Crippen molar-refractivity contribution in [1.82, 2.24) is 5.32 Å². The molecule has 2 rings (SSSR count). The van der Waals surface area contributed by atoms with E-state index in [2.05, 4.69) is 10.0 Å². The summed E-state index contributed by atoms with van der Waals surface area (Å²) in [7, 11) is -3.48. The van der Waals surface area contributed by atoms with Gasteiger partial charge in [0.05, 0.1) is 17.0 Å². The zero-order valence-electron chi connectivity index (χ0n) is 12.1. The monoisotopic (exact) mass is 372 g/mol. The fourth-order valence-corrected chi connectivity index (χ4v) is 2.75. The molecule has 0 saturated heterocycles. The maximum Gasteiger partial charge on any atom is 0.251 e. The first-order chi connectivity index (χ1) is 10.7. The smallest absolute Gasteiger partial charge is 0.251 e. The lowest BCUT2D eigenvalue weighted by Gasteiger charge is -2.10. The second-order valence-corrected chi connectivity index (χ2v) is 7.47. The minimum absolute atomic E-state index is 0.160. The molecule has 0 atom stereocenters. The molecule has 2 aromatic carbocycles. The van der Waals surface area contributed by atoms with Crippen LogP contribution in [0.15, 0.2) is 42.5 Å². The van der Waals surface area contributed by atoms with Crippen molar-refractivity contribution >= 4 is 44.8 Å². The van der Waals surface area contributed by atoms with E-state index < -0.39 is 10.0 Å². The molecular weight excluding hydrogens is 359 g/mol. The summed E-state index contributed by atoms with van der Waals surface area (Å²) in [6.45, 7) is 0.327. The average Bonchev–Trinajstić information content (AvgIpc) is 2.47. The zero-order valence-corrected chi connectivity index (χ0v) is 14.5. The van der Waals surface area contributed by atoms with Gasteiger partial charge in [-0.25, -0.2) is 8.42 Å². The minimum Gasteiger partial charge on any atom is -0.348 e. The van der Waals surface area contributed by atoms with Gasteiger partial charge >= 0.3 is 0 Å². The quantitative estimate of drug-likeness (QED) is 0.845. The van der Waals surface area contributed by atoms with Gasteiger partial charge in [-0.3, -0.25) is 9.52 Å². The maximum atomic E-state index is 12.2. The first-order valence-corrected chi connectivity index (χ1v) is 9.19. The standard InChI is InChI=1S/C15H14Cl2N2O3S/c1-23(21,22)19-14-8-11(4-7-13(14)17)15(20)18-9-10-2-5-12(16)6-3-10/h2-8,19H,9H2,1H3,(H,18,20). The van der Waals surface area contributed by atoms with Gasteiger partial charge in [-0.2, -0.15) is 0 Å². The summed E-state index contributed by atoms with van der Waals surface area (Å²) in [5.41, 5.74) is 1.36. The van der Waals surface area contributed by atoms with Gasteiger partial charge in [-0.15, -0.1) is 0 Å². The summed E-state index contributed by atoms with van der Waals surface area (Å²) in [6.07, 6.45) is 1.01. The van der Waals surface area contributed by atoms with E-state index in [0.717, 1.165) is 11.8 Å². The number of rotatable bonds is 5. The normalized spacial score (nSPS) is 11.1. The fourth-order valence-electron chi connectivity index (χ4n) is 1.83. The molecule has 0 fully saturated rings. The summed E-state index contributed by atoms with van der Waals surface area (Å²) in [5.74, 6) is -0.340. The third-order valence-electron chi connectivity index (χ3n) is 2.89. The number of carbonyl (C=O) groups is 1. The number of anilines is 1. The lowest BCUT2D eigenvalue weighted by molar-refractivity contribution is 0.0951. The average molecular weight is 373 g/mol. The first-order valence-electron chi connectivity index (χ1n) is 6.54. The van der Waals surface area contributed by atoms with E-state index in [1.807, 2.05) is 0 Å². The van der Waals surface area contributed by atoms with Crippen LogP contribution in [0.4, 0.5) is 5.69 Å². The van der Waals surface area contributed by atoms with Crippen LogP contribution >= 0.6 is 23.2 Å². The van der Waals surface area contributed by atoms with Gasteiger partial charge in [0, 0.05) is 17.1 Å². The fraction of sp³-hybridized carbons (Fsp3) is 0.133. The Morgan fingerprint density at radius 3 is 2.35 bits per heavy atom. The molecule has 2 N–H and O–H groups in total. The molecule has 0 aliphatic carbocycles. The summed E-state index contributed by atoms with van der Waals surface area (Å²) in [4.78, 5) is 12.2. The predicted octanol–water partition coefficient (Wildman–Crippen LogP) is 3.29. The minimum atomic E-state index is -3.48. The Kier molecular flexibility index (Phi) is 5.51. The molecule has 0 saturated carbocycles. The number of nitrogens with one attached hydrogen (secondary N) is 2. The van der Waals surface area contributed by atoms with Crippen molar-refractivity contribution in [3.05, 3.63) is 63.6 Å². The first kappa shape index (κ1) is 17.6. The van der Waals surface area contributed by atoms with E-state index in [4.69, 9.17) is 23.2 Å². The van der Waals surface area contributed by atoms with E-state index in [0.29, 0.717) is 17.1 Å². The Labute approximate surface area is 144 Å². The number of hydrogen-bond acceptors (Lipinski definition) is 3. The van der Waals surface area contributed by atoms with Crippen LogP contribution in [0.5, 0.6) is 0 Å². The number of benzene rings is 2. The third-order valence-corrected chi connectivity index (χ3v) is 4.06. The van der Waals surface area contributed by atoms with Crippen molar-refractivity contribution in [2.75, 3.05) is 11.0 Å². The molecule has 1 amide bonds. The molecular formula is C15H14Cl2N2O3S. The lowest BCUT2D eigenvalue weighted by atomic mass is 10.1. The van der Waals surface area contributed by atoms with E-state index in [9.17, 15) is 13.2 Å². The van der Waals surface area contributed by atoms with Crippen LogP contribution in [0.2, 0.25) is 10.0 Å². The summed E-state index contributed by atoms with van der Waals surface area (Å²) >= 11 is 11.7. The Morgan fingerprint density at radius 2 is 1.74 bits per heavy atom. The van der Waals surface area contributed by atoms with E-state index in [-0.39, 0.29) is 16.6 Å². The molecule has 0 aromatic heterocycles. The van der Waals surface area contributed by atoms with Gasteiger partial charge in [-0.05, 0) is 35.9 Å². The highest BCUT2D eigenvalue weighted by Gasteiger charge is 2.11. The number of hydrogen-bond donors (Lipinski definition) is 2. The molecule has 0 radical (unpaired) electrons. The van der Waals surface area contributed by atoms with Crippen LogP contribution < -0.4 is 10.0 Å². The molecule has 0 aliphatic heterocycles. The van der Waals surface area contributed by atoms with Crippen LogP contribution in [-0.2, 0) is 16.6 Å². The van der Waals surface area contributed by atoms with Crippen molar-refractivity contribution < 1.29 is 13.2 Å². The Balaban J connectivity index is 2.10. The zero-order chi connectivity index (χ0) is 17.0. The van der Waals surface area contributed by atoms with Crippen molar-refractivity contribution in [2.45, 2.75) is 6.54 Å². The van der Waals surface area contributed by atoms with Crippen LogP contribution in [0, 0.1) is 0 Å². The highest BCUT2D eigenvalue weighted by molar-refractivity contribution is 7.92. The molecule has 8 heteroatoms. The molecule has 0 bridgehead atoms. The summed E-state index contributed by atoms with van der Waals surface area (Å²) < 4.78 is 24.9. The largest absolute Gasteiger partial charge is 0.348 e. The van der Waals surface area contributed by atoms with E-state index in [1.54, 1.807) is 24.3 Å². The van der Waals surface area contributed by atoms with Crippen molar-refractivity contribution in [3.8, 4) is 0 Å². The van der Waals surface area contributed by atoms with E-state index in [1.165, 1.54) is 18.2 Å².